The number of carbonyl (C=O) groups excluding carboxylic acids is 1. The Kier molecular flexibility index (Phi) is 4.44. The van der Waals surface area contributed by atoms with Crippen molar-refractivity contribution in [3.8, 4) is 5.75 Å². The monoisotopic (exact) mass is 288 g/mol. The molecule has 21 heavy (non-hydrogen) atoms. The Morgan fingerprint density at radius 1 is 1.38 bits per heavy atom. The lowest BCUT2D eigenvalue weighted by Gasteiger charge is -2.13. The van der Waals surface area contributed by atoms with E-state index in [1.54, 1.807) is 7.11 Å². The molecule has 4 nitrogen and oxygen atoms in total. The van der Waals surface area contributed by atoms with Crippen LogP contribution in [0.2, 0.25) is 0 Å². The van der Waals surface area contributed by atoms with Gasteiger partial charge in [-0.3, -0.25) is 4.79 Å². The van der Waals surface area contributed by atoms with Crippen LogP contribution in [0.4, 0.5) is 0 Å². The number of aryl methyl sites for hydroxylation is 2. The average Bonchev–Trinajstić information content (AvgIpc) is 3.14. The van der Waals surface area contributed by atoms with E-state index in [-0.39, 0.29) is 5.91 Å². The molecule has 1 aromatic rings. The van der Waals surface area contributed by atoms with Crippen LogP contribution >= 0.6 is 0 Å². The fourth-order valence-electron chi connectivity index (χ4n) is 3.40. The van der Waals surface area contributed by atoms with E-state index in [1.165, 1.54) is 17.5 Å². The highest BCUT2D eigenvalue weighted by atomic mass is 16.5. The number of fused-ring (bicyclic) bond motifs is 1. The van der Waals surface area contributed by atoms with Gasteiger partial charge in [-0.2, -0.15) is 0 Å². The van der Waals surface area contributed by atoms with Gasteiger partial charge in [-0.15, -0.1) is 0 Å². The van der Waals surface area contributed by atoms with Crippen molar-refractivity contribution < 1.29 is 9.53 Å². The number of ether oxygens (including phenoxy) is 1. The van der Waals surface area contributed by atoms with Gasteiger partial charge in [-0.1, -0.05) is 6.07 Å². The molecule has 1 saturated heterocycles. The highest BCUT2D eigenvalue weighted by molar-refractivity contribution is 5.76. The van der Waals surface area contributed by atoms with Gasteiger partial charge in [0.15, 0.2) is 0 Å². The van der Waals surface area contributed by atoms with E-state index in [2.05, 4.69) is 22.8 Å². The van der Waals surface area contributed by atoms with Crippen LogP contribution in [0.5, 0.6) is 5.75 Å². The normalized spacial score (nSPS) is 20.3. The third kappa shape index (κ3) is 3.38. The predicted molar refractivity (Wildman–Crippen MR) is 82.5 cm³/mol. The fourth-order valence-corrected chi connectivity index (χ4v) is 3.40. The van der Waals surface area contributed by atoms with E-state index < -0.39 is 0 Å². The minimum Gasteiger partial charge on any atom is -0.496 e. The molecular weight excluding hydrogens is 264 g/mol. The number of hydrogen-bond donors (Lipinski definition) is 2. The molecule has 1 amide bonds. The molecule has 0 saturated carbocycles. The topological polar surface area (TPSA) is 50.4 Å². The highest BCUT2D eigenvalue weighted by Crippen LogP contribution is 2.29. The summed E-state index contributed by atoms with van der Waals surface area (Å²) in [6, 6.07) is 4.35. The summed E-state index contributed by atoms with van der Waals surface area (Å²) in [6.07, 6.45) is 5.25. The van der Waals surface area contributed by atoms with Gasteiger partial charge in [-0.25, -0.2) is 0 Å². The summed E-state index contributed by atoms with van der Waals surface area (Å²) in [7, 11) is 1.70. The second-order valence-electron chi connectivity index (χ2n) is 6.13. The van der Waals surface area contributed by atoms with E-state index in [9.17, 15) is 4.79 Å². The van der Waals surface area contributed by atoms with Gasteiger partial charge in [0.25, 0.3) is 0 Å². The predicted octanol–water partition coefficient (Wildman–Crippen LogP) is 1.80. The van der Waals surface area contributed by atoms with Gasteiger partial charge in [-0.05, 0) is 61.9 Å². The summed E-state index contributed by atoms with van der Waals surface area (Å²) < 4.78 is 5.48. The van der Waals surface area contributed by atoms with Gasteiger partial charge in [0, 0.05) is 18.5 Å². The van der Waals surface area contributed by atoms with E-state index in [0.29, 0.717) is 18.9 Å². The van der Waals surface area contributed by atoms with Gasteiger partial charge >= 0.3 is 0 Å². The van der Waals surface area contributed by atoms with Crippen molar-refractivity contribution in [1.29, 1.82) is 0 Å². The molecule has 1 fully saturated rings. The van der Waals surface area contributed by atoms with Crippen LogP contribution in [0.1, 0.15) is 36.0 Å². The van der Waals surface area contributed by atoms with E-state index in [0.717, 1.165) is 43.7 Å². The smallest absolute Gasteiger partial charge is 0.220 e. The third-order valence-corrected chi connectivity index (χ3v) is 4.61. The lowest BCUT2D eigenvalue weighted by atomic mass is 10.0. The summed E-state index contributed by atoms with van der Waals surface area (Å²) in [6.45, 7) is 2.57. The van der Waals surface area contributed by atoms with Crippen LogP contribution in [0.3, 0.4) is 0 Å². The first kappa shape index (κ1) is 14.4. The molecule has 2 N–H and O–H groups in total. The van der Waals surface area contributed by atoms with Crippen LogP contribution in [0.15, 0.2) is 12.1 Å². The van der Waals surface area contributed by atoms with E-state index in [1.807, 2.05) is 0 Å². The van der Waals surface area contributed by atoms with Crippen LogP contribution < -0.4 is 15.4 Å². The maximum absolute atomic E-state index is 12.0. The quantitative estimate of drug-likeness (QED) is 0.868. The number of hydrogen-bond acceptors (Lipinski definition) is 3. The van der Waals surface area contributed by atoms with Crippen molar-refractivity contribution in [2.24, 2.45) is 5.92 Å². The number of carbonyl (C=O) groups is 1. The summed E-state index contributed by atoms with van der Waals surface area (Å²) in [5.74, 6) is 1.54. The van der Waals surface area contributed by atoms with Crippen molar-refractivity contribution >= 4 is 5.91 Å². The largest absolute Gasteiger partial charge is 0.496 e. The molecule has 114 valence electrons. The molecule has 1 heterocycles. The molecule has 0 radical (unpaired) electrons. The van der Waals surface area contributed by atoms with Crippen LogP contribution in [-0.2, 0) is 24.2 Å². The van der Waals surface area contributed by atoms with Crippen LogP contribution in [0.25, 0.3) is 0 Å². The number of benzene rings is 1. The van der Waals surface area contributed by atoms with Crippen molar-refractivity contribution in [3.63, 3.8) is 0 Å². The van der Waals surface area contributed by atoms with Crippen LogP contribution in [-0.4, -0.2) is 26.1 Å². The minimum atomic E-state index is 0.145. The number of nitrogens with one attached hydrogen (secondary N) is 2. The standard InChI is InChI=1S/C17H24N2O2/c1-21-16-9-14-4-2-3-13(14)8-15(16)11-19-17(20)7-12-5-6-18-10-12/h8-9,12,18H,2-7,10-11H2,1H3,(H,19,20)/t12-/m0/s1. The second kappa shape index (κ2) is 6.48. The van der Waals surface area contributed by atoms with E-state index in [4.69, 9.17) is 4.74 Å². The zero-order valence-corrected chi connectivity index (χ0v) is 12.7. The van der Waals surface area contributed by atoms with E-state index >= 15 is 0 Å². The molecule has 0 spiro atoms. The molecule has 0 aromatic heterocycles. The molecule has 1 aromatic carbocycles. The molecule has 3 rings (SSSR count). The van der Waals surface area contributed by atoms with Gasteiger partial charge in [0.05, 0.1) is 7.11 Å². The molecule has 2 aliphatic rings. The van der Waals surface area contributed by atoms with Gasteiger partial charge < -0.3 is 15.4 Å². The third-order valence-electron chi connectivity index (χ3n) is 4.61. The van der Waals surface area contributed by atoms with Crippen molar-refractivity contribution in [1.82, 2.24) is 10.6 Å². The first-order valence-electron chi connectivity index (χ1n) is 7.92. The zero-order chi connectivity index (χ0) is 14.7. The Balaban J connectivity index is 1.60. The van der Waals surface area contributed by atoms with Crippen LogP contribution in [0, 0.1) is 5.92 Å². The summed E-state index contributed by atoms with van der Waals surface area (Å²) >= 11 is 0. The first-order valence-corrected chi connectivity index (χ1v) is 7.92. The molecule has 0 unspecified atom stereocenters. The molecule has 1 atom stereocenters. The van der Waals surface area contributed by atoms with Crippen molar-refractivity contribution in [2.45, 2.75) is 38.6 Å². The molecule has 1 aliphatic heterocycles. The Bertz CT molecular complexity index is 522. The average molecular weight is 288 g/mol. The molecule has 1 aliphatic carbocycles. The lowest BCUT2D eigenvalue weighted by Crippen LogP contribution is -2.26. The molecule has 0 bridgehead atoms. The fraction of sp³-hybridized carbons (Fsp3) is 0.588. The SMILES string of the molecule is COc1cc2c(cc1CNC(=O)C[C@@H]1CCNC1)CCC2. The Morgan fingerprint density at radius 2 is 2.19 bits per heavy atom. The Morgan fingerprint density at radius 3 is 2.90 bits per heavy atom. The minimum absolute atomic E-state index is 0.145. The molecular formula is C17H24N2O2. The maximum Gasteiger partial charge on any atom is 0.220 e. The first-order chi connectivity index (χ1) is 10.3. The van der Waals surface area contributed by atoms with Crippen molar-refractivity contribution in [3.05, 3.63) is 28.8 Å². The van der Waals surface area contributed by atoms with Gasteiger partial charge in [0.2, 0.25) is 5.91 Å². The van der Waals surface area contributed by atoms with Gasteiger partial charge in [0.1, 0.15) is 5.75 Å². The maximum atomic E-state index is 12.0. The number of rotatable bonds is 5. The zero-order valence-electron chi connectivity index (χ0n) is 12.7. The number of methoxy groups -OCH3 is 1. The second-order valence-corrected chi connectivity index (χ2v) is 6.13. The van der Waals surface area contributed by atoms with Crippen molar-refractivity contribution in [2.75, 3.05) is 20.2 Å². The molecule has 4 heteroatoms. The number of amides is 1. The summed E-state index contributed by atoms with van der Waals surface area (Å²) in [5, 5.41) is 6.34. The lowest BCUT2D eigenvalue weighted by molar-refractivity contribution is -0.122. The Hall–Kier alpha value is -1.55. The highest BCUT2D eigenvalue weighted by Gasteiger charge is 2.19. The summed E-state index contributed by atoms with van der Waals surface area (Å²) in [5.41, 5.74) is 3.91. The summed E-state index contributed by atoms with van der Waals surface area (Å²) in [4.78, 5) is 12.0. The Labute approximate surface area is 126 Å².